The van der Waals surface area contributed by atoms with Gasteiger partial charge in [-0.25, -0.2) is 9.78 Å². The second-order valence-corrected chi connectivity index (χ2v) is 2.80. The van der Waals surface area contributed by atoms with Gasteiger partial charge in [0, 0.05) is 0 Å². The molecule has 0 saturated carbocycles. The van der Waals surface area contributed by atoms with Crippen molar-refractivity contribution in [3.8, 4) is 0 Å². The van der Waals surface area contributed by atoms with Gasteiger partial charge in [-0.1, -0.05) is 17.7 Å². The molecular formula is C8H9ClN2O2. The molecule has 0 aromatic carbocycles. The topological polar surface area (TPSA) is 51.2 Å². The molecule has 0 radical (unpaired) electrons. The molecule has 0 unspecified atom stereocenters. The van der Waals surface area contributed by atoms with Gasteiger partial charge in [0.1, 0.15) is 11.0 Å². The quantitative estimate of drug-likeness (QED) is 0.708. The minimum atomic E-state index is -0.558. The van der Waals surface area contributed by atoms with Crippen LogP contribution in [-0.4, -0.2) is 18.2 Å². The van der Waals surface area contributed by atoms with Crippen LogP contribution in [0.25, 0.3) is 0 Å². The lowest BCUT2D eigenvalue weighted by atomic mass is 10.3. The van der Waals surface area contributed by atoms with Crippen LogP contribution in [0.5, 0.6) is 0 Å². The predicted octanol–water partition coefficient (Wildman–Crippen LogP) is 2.22. The number of hydrogen-bond acceptors (Lipinski definition) is 3. The van der Waals surface area contributed by atoms with E-state index in [9.17, 15) is 4.79 Å². The Hall–Kier alpha value is -1.29. The molecule has 0 aliphatic carbocycles. The Morgan fingerprint density at radius 1 is 1.62 bits per heavy atom. The fraction of sp³-hybridized carbons (Fsp3) is 0.250. The molecule has 1 rings (SSSR count). The summed E-state index contributed by atoms with van der Waals surface area (Å²) in [5.74, 6) is 0.416. The number of ether oxygens (including phenoxy) is 1. The summed E-state index contributed by atoms with van der Waals surface area (Å²) in [4.78, 5) is 14.7. The average molecular weight is 201 g/mol. The van der Waals surface area contributed by atoms with Crippen LogP contribution in [-0.2, 0) is 4.74 Å². The molecule has 4 nitrogen and oxygen atoms in total. The molecular weight excluding hydrogens is 192 g/mol. The fourth-order valence-corrected chi connectivity index (χ4v) is 0.927. The SMILES string of the molecule is COC(=O)Nc1nc(Cl)ccc1C. The number of carbonyl (C=O) groups is 1. The molecule has 70 valence electrons. The third-order valence-corrected chi connectivity index (χ3v) is 1.68. The van der Waals surface area contributed by atoms with Gasteiger partial charge in [0.2, 0.25) is 0 Å². The molecule has 0 fully saturated rings. The average Bonchev–Trinajstić information content (AvgIpc) is 2.11. The summed E-state index contributed by atoms with van der Waals surface area (Å²) < 4.78 is 4.42. The number of methoxy groups -OCH3 is 1. The maximum absolute atomic E-state index is 10.8. The van der Waals surface area contributed by atoms with E-state index < -0.39 is 6.09 Å². The van der Waals surface area contributed by atoms with Crippen LogP contribution in [0.15, 0.2) is 12.1 Å². The lowest BCUT2D eigenvalue weighted by Crippen LogP contribution is -2.13. The Labute approximate surface area is 80.9 Å². The van der Waals surface area contributed by atoms with E-state index in [-0.39, 0.29) is 0 Å². The first kappa shape index (κ1) is 9.80. The van der Waals surface area contributed by atoms with Crippen molar-refractivity contribution in [1.82, 2.24) is 4.98 Å². The summed E-state index contributed by atoms with van der Waals surface area (Å²) in [5.41, 5.74) is 0.829. The Morgan fingerprint density at radius 3 is 2.92 bits per heavy atom. The Kier molecular flexibility index (Phi) is 3.08. The van der Waals surface area contributed by atoms with Gasteiger partial charge in [0.15, 0.2) is 0 Å². The first-order valence-electron chi connectivity index (χ1n) is 3.61. The summed E-state index contributed by atoms with van der Waals surface area (Å²) in [6.45, 7) is 1.81. The predicted molar refractivity (Wildman–Crippen MR) is 50.0 cm³/mol. The third-order valence-electron chi connectivity index (χ3n) is 1.47. The number of hydrogen-bond donors (Lipinski definition) is 1. The van der Waals surface area contributed by atoms with E-state index in [0.717, 1.165) is 5.56 Å². The monoisotopic (exact) mass is 200 g/mol. The number of pyridine rings is 1. The van der Waals surface area contributed by atoms with Crippen molar-refractivity contribution in [1.29, 1.82) is 0 Å². The smallest absolute Gasteiger partial charge is 0.412 e. The van der Waals surface area contributed by atoms with E-state index in [0.29, 0.717) is 11.0 Å². The standard InChI is InChI=1S/C8H9ClN2O2/c1-5-3-4-6(9)10-7(5)11-8(12)13-2/h3-4H,1-2H3,(H,10,11,12). The highest BCUT2D eigenvalue weighted by Gasteiger charge is 2.05. The van der Waals surface area contributed by atoms with Gasteiger partial charge in [-0.05, 0) is 18.6 Å². The van der Waals surface area contributed by atoms with E-state index in [2.05, 4.69) is 15.0 Å². The molecule has 0 aliphatic rings. The van der Waals surface area contributed by atoms with E-state index in [1.165, 1.54) is 7.11 Å². The lowest BCUT2D eigenvalue weighted by molar-refractivity contribution is 0.187. The zero-order chi connectivity index (χ0) is 9.84. The normalized spacial score (nSPS) is 9.46. The van der Waals surface area contributed by atoms with Gasteiger partial charge in [0.25, 0.3) is 0 Å². The number of anilines is 1. The first-order chi connectivity index (χ1) is 6.13. The van der Waals surface area contributed by atoms with Gasteiger partial charge >= 0.3 is 6.09 Å². The fourth-order valence-electron chi connectivity index (χ4n) is 0.779. The van der Waals surface area contributed by atoms with Crippen molar-refractivity contribution in [2.45, 2.75) is 6.92 Å². The van der Waals surface area contributed by atoms with E-state index >= 15 is 0 Å². The highest BCUT2D eigenvalue weighted by atomic mass is 35.5. The van der Waals surface area contributed by atoms with E-state index in [1.54, 1.807) is 12.1 Å². The van der Waals surface area contributed by atoms with Gasteiger partial charge in [0.05, 0.1) is 7.11 Å². The number of nitrogens with zero attached hydrogens (tertiary/aromatic N) is 1. The summed E-state index contributed by atoms with van der Waals surface area (Å²) in [6.07, 6.45) is -0.558. The maximum atomic E-state index is 10.8. The van der Waals surface area contributed by atoms with Crippen LogP contribution in [0.1, 0.15) is 5.56 Å². The highest BCUT2D eigenvalue weighted by Crippen LogP contribution is 2.15. The molecule has 0 spiro atoms. The molecule has 1 amide bonds. The summed E-state index contributed by atoms with van der Waals surface area (Å²) in [7, 11) is 1.29. The largest absolute Gasteiger partial charge is 0.453 e. The van der Waals surface area contributed by atoms with Crippen LogP contribution in [0.3, 0.4) is 0 Å². The van der Waals surface area contributed by atoms with Gasteiger partial charge in [-0.3, -0.25) is 5.32 Å². The molecule has 0 atom stereocenters. The van der Waals surface area contributed by atoms with Crippen molar-refractivity contribution in [3.63, 3.8) is 0 Å². The summed E-state index contributed by atoms with van der Waals surface area (Å²) >= 11 is 5.64. The Bertz CT molecular complexity index is 328. The number of aromatic nitrogens is 1. The number of carbonyl (C=O) groups excluding carboxylic acids is 1. The number of rotatable bonds is 1. The highest BCUT2D eigenvalue weighted by molar-refractivity contribution is 6.29. The van der Waals surface area contributed by atoms with E-state index in [4.69, 9.17) is 11.6 Å². The molecule has 13 heavy (non-hydrogen) atoms. The van der Waals surface area contributed by atoms with Gasteiger partial charge in [-0.15, -0.1) is 0 Å². The zero-order valence-electron chi connectivity index (χ0n) is 7.30. The van der Waals surface area contributed by atoms with Gasteiger partial charge in [-0.2, -0.15) is 0 Å². The molecule has 1 heterocycles. The minimum absolute atomic E-state index is 0.331. The number of halogens is 1. The van der Waals surface area contributed by atoms with Crippen molar-refractivity contribution in [2.75, 3.05) is 12.4 Å². The number of aryl methyl sites for hydroxylation is 1. The van der Waals surface area contributed by atoms with Crippen LogP contribution in [0, 0.1) is 6.92 Å². The van der Waals surface area contributed by atoms with Crippen LogP contribution < -0.4 is 5.32 Å². The van der Waals surface area contributed by atoms with Crippen molar-refractivity contribution < 1.29 is 9.53 Å². The minimum Gasteiger partial charge on any atom is -0.453 e. The van der Waals surface area contributed by atoms with Crippen molar-refractivity contribution in [3.05, 3.63) is 22.8 Å². The van der Waals surface area contributed by atoms with Gasteiger partial charge < -0.3 is 4.74 Å². The molecule has 1 N–H and O–H groups in total. The Balaban J connectivity index is 2.87. The Morgan fingerprint density at radius 2 is 2.31 bits per heavy atom. The molecule has 0 bridgehead atoms. The zero-order valence-corrected chi connectivity index (χ0v) is 8.05. The van der Waals surface area contributed by atoms with Crippen molar-refractivity contribution in [2.24, 2.45) is 0 Å². The molecule has 1 aromatic rings. The maximum Gasteiger partial charge on any atom is 0.412 e. The van der Waals surface area contributed by atoms with Crippen molar-refractivity contribution >= 4 is 23.5 Å². The number of amides is 1. The first-order valence-corrected chi connectivity index (χ1v) is 3.99. The van der Waals surface area contributed by atoms with E-state index in [1.807, 2.05) is 6.92 Å². The summed E-state index contributed by atoms with van der Waals surface area (Å²) in [6, 6.07) is 3.42. The third kappa shape index (κ3) is 2.59. The number of nitrogens with one attached hydrogen (secondary N) is 1. The molecule has 1 aromatic heterocycles. The molecule has 0 aliphatic heterocycles. The molecule has 5 heteroatoms. The lowest BCUT2D eigenvalue weighted by Gasteiger charge is -2.05. The second-order valence-electron chi connectivity index (χ2n) is 2.42. The summed E-state index contributed by atoms with van der Waals surface area (Å²) in [5, 5.41) is 2.77. The second kappa shape index (κ2) is 4.09. The van der Waals surface area contributed by atoms with Crippen LogP contribution in [0.2, 0.25) is 5.15 Å². The van der Waals surface area contributed by atoms with Crippen LogP contribution >= 0.6 is 11.6 Å². The van der Waals surface area contributed by atoms with Crippen LogP contribution in [0.4, 0.5) is 10.6 Å². The molecule has 0 saturated heterocycles.